The summed E-state index contributed by atoms with van der Waals surface area (Å²) in [6.07, 6.45) is 2.13. The summed E-state index contributed by atoms with van der Waals surface area (Å²) < 4.78 is 7.68. The third kappa shape index (κ3) is 2.59. The van der Waals surface area contributed by atoms with Crippen LogP contribution in [0.25, 0.3) is 10.9 Å². The molecule has 1 aliphatic carbocycles. The summed E-state index contributed by atoms with van der Waals surface area (Å²) in [7, 11) is 1.59. The molecule has 3 aromatic rings. The van der Waals surface area contributed by atoms with Gasteiger partial charge in [-0.15, -0.1) is 0 Å². The van der Waals surface area contributed by atoms with Gasteiger partial charge in [-0.3, -0.25) is 14.2 Å². The van der Waals surface area contributed by atoms with E-state index in [1.54, 1.807) is 35.9 Å². The molecule has 4 nitrogen and oxygen atoms in total. The first-order valence-electron chi connectivity index (χ1n) is 8.15. The van der Waals surface area contributed by atoms with E-state index >= 15 is 0 Å². The minimum absolute atomic E-state index is 0.0374. The molecule has 5 heteroatoms. The number of halogens is 1. The summed E-state index contributed by atoms with van der Waals surface area (Å²) >= 11 is 3.49. The van der Waals surface area contributed by atoms with Crippen molar-refractivity contribution in [2.75, 3.05) is 7.11 Å². The second-order valence-corrected chi connectivity index (χ2v) is 7.05. The van der Waals surface area contributed by atoms with Crippen molar-refractivity contribution in [2.24, 2.45) is 0 Å². The van der Waals surface area contributed by atoms with Crippen molar-refractivity contribution in [3.63, 3.8) is 0 Å². The zero-order chi connectivity index (χ0) is 17.6. The highest BCUT2D eigenvalue weighted by molar-refractivity contribution is 9.10. The van der Waals surface area contributed by atoms with E-state index in [0.29, 0.717) is 23.4 Å². The molecule has 0 spiro atoms. The Kier molecular flexibility index (Phi) is 3.96. The molecule has 25 heavy (non-hydrogen) atoms. The van der Waals surface area contributed by atoms with Crippen molar-refractivity contribution in [1.29, 1.82) is 0 Å². The maximum absolute atomic E-state index is 13.2. The van der Waals surface area contributed by atoms with Crippen molar-refractivity contribution in [2.45, 2.75) is 19.3 Å². The highest BCUT2D eigenvalue weighted by Gasteiger charge is 2.29. The van der Waals surface area contributed by atoms with E-state index in [9.17, 15) is 9.59 Å². The van der Waals surface area contributed by atoms with Gasteiger partial charge in [-0.1, -0.05) is 15.9 Å². The molecule has 1 aliphatic rings. The van der Waals surface area contributed by atoms with Gasteiger partial charge < -0.3 is 4.74 Å². The fourth-order valence-corrected chi connectivity index (χ4v) is 3.85. The number of fused-ring (bicyclic) bond motifs is 3. The number of nitrogens with zero attached hydrogens (tertiary/aromatic N) is 1. The Morgan fingerprint density at radius 1 is 1.12 bits per heavy atom. The summed E-state index contributed by atoms with van der Waals surface area (Å²) in [6.45, 7) is 0. The highest BCUT2D eigenvalue weighted by atomic mass is 79.9. The monoisotopic (exact) mass is 397 g/mol. The molecular formula is C20H16BrNO3. The van der Waals surface area contributed by atoms with Gasteiger partial charge in [0, 0.05) is 21.8 Å². The lowest BCUT2D eigenvalue weighted by Gasteiger charge is -2.14. The number of carbonyl (C=O) groups excluding carboxylic acids is 2. The van der Waals surface area contributed by atoms with Gasteiger partial charge in [-0.05, 0) is 60.9 Å². The summed E-state index contributed by atoms with van der Waals surface area (Å²) in [5, 5.41) is 0.972. The van der Waals surface area contributed by atoms with Gasteiger partial charge in [0.15, 0.2) is 5.78 Å². The molecule has 4 rings (SSSR count). The predicted octanol–water partition coefficient (Wildman–Crippen LogP) is 4.62. The van der Waals surface area contributed by atoms with Crippen LogP contribution >= 0.6 is 15.9 Å². The molecule has 0 unspecified atom stereocenters. The predicted molar refractivity (Wildman–Crippen MR) is 99.6 cm³/mol. The standard InChI is InChI=1S/C20H16BrNO3/c1-25-14-8-5-12(6-9-14)20(24)22-17-10-7-13(21)11-16(17)15-3-2-4-18(23)19(15)22/h5-11H,2-4H2,1H3. The number of hydrogen-bond donors (Lipinski definition) is 0. The van der Waals surface area contributed by atoms with Gasteiger partial charge in [0.25, 0.3) is 5.91 Å². The Bertz CT molecular complexity index is 1000. The molecule has 126 valence electrons. The van der Waals surface area contributed by atoms with Gasteiger partial charge in [0.05, 0.1) is 18.3 Å². The Balaban J connectivity index is 1.95. The fourth-order valence-electron chi connectivity index (χ4n) is 3.49. The zero-order valence-corrected chi connectivity index (χ0v) is 15.3. The largest absolute Gasteiger partial charge is 0.497 e. The summed E-state index contributed by atoms with van der Waals surface area (Å²) in [4.78, 5) is 25.8. The molecule has 0 saturated heterocycles. The molecule has 0 saturated carbocycles. The van der Waals surface area contributed by atoms with E-state index < -0.39 is 0 Å². The molecular weight excluding hydrogens is 382 g/mol. The molecule has 2 aromatic carbocycles. The van der Waals surface area contributed by atoms with Gasteiger partial charge >= 0.3 is 0 Å². The maximum Gasteiger partial charge on any atom is 0.262 e. The average molecular weight is 398 g/mol. The summed E-state index contributed by atoms with van der Waals surface area (Å²) in [5.41, 5.74) is 2.83. The third-order valence-corrected chi connectivity index (χ3v) is 5.16. The number of methoxy groups -OCH3 is 1. The number of aromatic nitrogens is 1. The Morgan fingerprint density at radius 2 is 1.88 bits per heavy atom. The Hall–Kier alpha value is -2.40. The van der Waals surface area contributed by atoms with Crippen molar-refractivity contribution < 1.29 is 14.3 Å². The number of carbonyl (C=O) groups is 2. The molecule has 1 aromatic heterocycles. The number of aryl methyl sites for hydroxylation is 1. The van der Waals surface area contributed by atoms with Gasteiger partial charge in [-0.25, -0.2) is 0 Å². The van der Waals surface area contributed by atoms with Crippen LogP contribution < -0.4 is 4.74 Å². The number of hydrogen-bond acceptors (Lipinski definition) is 3. The number of ether oxygens (including phenoxy) is 1. The van der Waals surface area contributed by atoms with E-state index in [-0.39, 0.29) is 11.7 Å². The summed E-state index contributed by atoms with van der Waals surface area (Å²) in [5.74, 6) is 0.540. The van der Waals surface area contributed by atoms with Crippen LogP contribution in [0, 0.1) is 0 Å². The van der Waals surface area contributed by atoms with E-state index in [2.05, 4.69) is 15.9 Å². The number of benzene rings is 2. The number of Topliss-reactive ketones (excluding diaryl/α,β-unsaturated/α-hetero) is 1. The first kappa shape index (κ1) is 16.1. The van der Waals surface area contributed by atoms with Crippen LogP contribution in [0.1, 0.15) is 39.3 Å². The van der Waals surface area contributed by atoms with Crippen LogP contribution in [0.2, 0.25) is 0 Å². The normalized spacial score (nSPS) is 13.8. The van der Waals surface area contributed by atoms with Crippen molar-refractivity contribution in [1.82, 2.24) is 4.57 Å². The second kappa shape index (κ2) is 6.15. The van der Waals surface area contributed by atoms with Crippen LogP contribution in [0.15, 0.2) is 46.9 Å². The van der Waals surface area contributed by atoms with Crippen LogP contribution in [-0.2, 0) is 6.42 Å². The quantitative estimate of drug-likeness (QED) is 0.633. The molecule has 0 N–H and O–H groups in total. The van der Waals surface area contributed by atoms with Gasteiger partial charge in [0.2, 0.25) is 0 Å². The molecule has 0 bridgehead atoms. The SMILES string of the molecule is COc1ccc(C(=O)n2c3c(c4cc(Br)ccc42)CCCC3=O)cc1. The van der Waals surface area contributed by atoms with Gasteiger partial charge in [-0.2, -0.15) is 0 Å². The second-order valence-electron chi connectivity index (χ2n) is 6.13. The lowest BCUT2D eigenvalue weighted by molar-refractivity contribution is 0.0913. The van der Waals surface area contributed by atoms with Crippen LogP contribution in [-0.4, -0.2) is 23.4 Å². The van der Waals surface area contributed by atoms with E-state index in [1.807, 2.05) is 18.2 Å². The molecule has 0 aliphatic heterocycles. The molecule has 0 atom stereocenters. The van der Waals surface area contributed by atoms with Crippen molar-refractivity contribution >= 4 is 38.5 Å². The topological polar surface area (TPSA) is 48.3 Å². The zero-order valence-electron chi connectivity index (χ0n) is 13.7. The molecule has 1 heterocycles. The lowest BCUT2D eigenvalue weighted by atomic mass is 9.94. The first-order chi connectivity index (χ1) is 12.1. The smallest absolute Gasteiger partial charge is 0.262 e. The lowest BCUT2D eigenvalue weighted by Crippen LogP contribution is -2.21. The molecule has 0 fully saturated rings. The van der Waals surface area contributed by atoms with Crippen molar-refractivity contribution in [3.05, 3.63) is 63.8 Å². The first-order valence-corrected chi connectivity index (χ1v) is 8.94. The average Bonchev–Trinajstić information content (AvgIpc) is 2.96. The Morgan fingerprint density at radius 3 is 2.60 bits per heavy atom. The summed E-state index contributed by atoms with van der Waals surface area (Å²) in [6, 6.07) is 12.7. The minimum atomic E-state index is -0.188. The van der Waals surface area contributed by atoms with Gasteiger partial charge in [0.1, 0.15) is 5.75 Å². The highest BCUT2D eigenvalue weighted by Crippen LogP contribution is 2.34. The van der Waals surface area contributed by atoms with E-state index in [1.165, 1.54) is 0 Å². The number of rotatable bonds is 2. The van der Waals surface area contributed by atoms with Crippen molar-refractivity contribution in [3.8, 4) is 5.75 Å². The van der Waals surface area contributed by atoms with Crippen LogP contribution in [0.4, 0.5) is 0 Å². The minimum Gasteiger partial charge on any atom is -0.497 e. The third-order valence-electron chi connectivity index (χ3n) is 4.67. The Labute approximate surface area is 153 Å². The van der Waals surface area contributed by atoms with E-state index in [0.717, 1.165) is 33.8 Å². The molecule has 0 amide bonds. The fraction of sp³-hybridized carbons (Fsp3) is 0.200. The van der Waals surface area contributed by atoms with Crippen LogP contribution in [0.3, 0.4) is 0 Å². The van der Waals surface area contributed by atoms with Crippen LogP contribution in [0.5, 0.6) is 5.75 Å². The number of ketones is 1. The maximum atomic E-state index is 13.2. The molecule has 0 radical (unpaired) electrons. The van der Waals surface area contributed by atoms with E-state index in [4.69, 9.17) is 4.74 Å².